The normalized spacial score (nSPS) is 10.7. The summed E-state index contributed by atoms with van der Waals surface area (Å²) in [5.74, 6) is 0.565. The van der Waals surface area contributed by atoms with Gasteiger partial charge in [0.15, 0.2) is 0 Å². The summed E-state index contributed by atoms with van der Waals surface area (Å²) in [4.78, 5) is 5.54. The Hall–Kier alpha value is -1.23. The second-order valence-electron chi connectivity index (χ2n) is 3.33. The molecule has 5 heteroatoms. The van der Waals surface area contributed by atoms with Gasteiger partial charge in [0, 0.05) is 19.8 Å². The van der Waals surface area contributed by atoms with Crippen molar-refractivity contribution in [2.45, 2.75) is 13.0 Å². The minimum Gasteiger partial charge on any atom is -0.354 e. The highest BCUT2D eigenvalue weighted by Gasteiger charge is 2.08. The third kappa shape index (κ3) is 3.79. The van der Waals surface area contributed by atoms with Crippen molar-refractivity contribution in [3.05, 3.63) is 23.9 Å². The Bertz CT molecular complexity index is 287. The van der Waals surface area contributed by atoms with Crippen molar-refractivity contribution < 1.29 is 8.78 Å². The number of hydrogen-bond acceptors (Lipinski definition) is 3. The van der Waals surface area contributed by atoms with Gasteiger partial charge in [-0.25, -0.2) is 13.8 Å². The minimum absolute atomic E-state index is 0.293. The van der Waals surface area contributed by atoms with Crippen LogP contribution in [0.1, 0.15) is 5.56 Å². The Kier molecular flexibility index (Phi) is 4.42. The number of nitrogens with zero attached hydrogens (tertiary/aromatic N) is 2. The van der Waals surface area contributed by atoms with Gasteiger partial charge in [0.05, 0.1) is 6.54 Å². The van der Waals surface area contributed by atoms with Crippen molar-refractivity contribution >= 4 is 5.82 Å². The van der Waals surface area contributed by atoms with Gasteiger partial charge in [0.25, 0.3) is 6.43 Å². The zero-order chi connectivity index (χ0) is 11.3. The standard InChI is InChI=1S/C10H15F2N3/c1-13-5-8-3-4-10(14-6-8)15(2)7-9(11)12/h3-4,6,9,13H,5,7H2,1-2H3. The molecule has 0 saturated heterocycles. The van der Waals surface area contributed by atoms with Crippen LogP contribution >= 0.6 is 0 Å². The number of anilines is 1. The largest absolute Gasteiger partial charge is 0.354 e. The molecule has 0 aliphatic heterocycles. The van der Waals surface area contributed by atoms with Gasteiger partial charge in [-0.15, -0.1) is 0 Å². The topological polar surface area (TPSA) is 28.2 Å². The fourth-order valence-corrected chi connectivity index (χ4v) is 1.25. The summed E-state index contributed by atoms with van der Waals surface area (Å²) in [6.07, 6.45) is -0.651. The number of hydrogen-bond donors (Lipinski definition) is 1. The van der Waals surface area contributed by atoms with E-state index in [0.29, 0.717) is 5.82 Å². The van der Waals surface area contributed by atoms with Crippen LogP contribution in [-0.4, -0.2) is 32.0 Å². The van der Waals surface area contributed by atoms with Crippen LogP contribution in [0.3, 0.4) is 0 Å². The van der Waals surface area contributed by atoms with Gasteiger partial charge in [-0.2, -0.15) is 0 Å². The van der Waals surface area contributed by atoms with Gasteiger partial charge in [-0.05, 0) is 18.7 Å². The molecule has 1 aromatic rings. The van der Waals surface area contributed by atoms with Crippen molar-refractivity contribution in [3.63, 3.8) is 0 Å². The molecule has 1 aromatic heterocycles. The highest BCUT2D eigenvalue weighted by molar-refractivity contribution is 5.38. The number of pyridine rings is 1. The average Bonchev–Trinajstić information content (AvgIpc) is 2.18. The van der Waals surface area contributed by atoms with E-state index in [9.17, 15) is 8.78 Å². The van der Waals surface area contributed by atoms with Crippen LogP contribution in [0.2, 0.25) is 0 Å². The third-order valence-corrected chi connectivity index (χ3v) is 1.99. The predicted molar refractivity (Wildman–Crippen MR) is 56.3 cm³/mol. The van der Waals surface area contributed by atoms with Crippen molar-refractivity contribution in [2.24, 2.45) is 0 Å². The summed E-state index contributed by atoms with van der Waals surface area (Å²) in [6, 6.07) is 3.62. The van der Waals surface area contributed by atoms with E-state index >= 15 is 0 Å². The summed E-state index contributed by atoms with van der Waals surface area (Å²) in [5.41, 5.74) is 1.03. The molecule has 15 heavy (non-hydrogen) atoms. The highest BCUT2D eigenvalue weighted by atomic mass is 19.3. The molecule has 0 amide bonds. The molecule has 1 N–H and O–H groups in total. The van der Waals surface area contributed by atoms with Crippen molar-refractivity contribution in [1.82, 2.24) is 10.3 Å². The first-order valence-electron chi connectivity index (χ1n) is 4.72. The summed E-state index contributed by atoms with van der Waals surface area (Å²) < 4.78 is 24.2. The second-order valence-corrected chi connectivity index (χ2v) is 3.33. The van der Waals surface area contributed by atoms with E-state index in [2.05, 4.69) is 10.3 Å². The van der Waals surface area contributed by atoms with Crippen LogP contribution in [0, 0.1) is 0 Å². The van der Waals surface area contributed by atoms with E-state index in [1.54, 1.807) is 19.3 Å². The van der Waals surface area contributed by atoms with Crippen LogP contribution < -0.4 is 10.2 Å². The van der Waals surface area contributed by atoms with Gasteiger partial charge in [-0.3, -0.25) is 0 Å². The number of nitrogens with one attached hydrogen (secondary N) is 1. The number of rotatable bonds is 5. The Morgan fingerprint density at radius 1 is 1.47 bits per heavy atom. The predicted octanol–water partition coefficient (Wildman–Crippen LogP) is 1.50. The first kappa shape index (κ1) is 11.8. The number of halogens is 2. The molecule has 0 fully saturated rings. The quantitative estimate of drug-likeness (QED) is 0.806. The smallest absolute Gasteiger partial charge is 0.255 e. The fraction of sp³-hybridized carbons (Fsp3) is 0.500. The minimum atomic E-state index is -2.34. The lowest BCUT2D eigenvalue weighted by molar-refractivity contribution is 0.156. The highest BCUT2D eigenvalue weighted by Crippen LogP contribution is 2.10. The first-order chi connectivity index (χ1) is 7.13. The molecule has 0 bridgehead atoms. The number of aromatic nitrogens is 1. The molecular weight excluding hydrogens is 200 g/mol. The Labute approximate surface area is 88.1 Å². The van der Waals surface area contributed by atoms with Gasteiger partial charge in [0.2, 0.25) is 0 Å². The SMILES string of the molecule is CNCc1ccc(N(C)CC(F)F)nc1. The molecule has 1 rings (SSSR count). The third-order valence-electron chi connectivity index (χ3n) is 1.99. The molecule has 3 nitrogen and oxygen atoms in total. The molecular formula is C10H15F2N3. The van der Waals surface area contributed by atoms with Gasteiger partial charge < -0.3 is 10.2 Å². The van der Waals surface area contributed by atoms with E-state index in [-0.39, 0.29) is 6.54 Å². The van der Waals surface area contributed by atoms with Crippen LogP contribution in [0.25, 0.3) is 0 Å². The van der Waals surface area contributed by atoms with E-state index in [0.717, 1.165) is 12.1 Å². The van der Waals surface area contributed by atoms with E-state index < -0.39 is 6.43 Å². The van der Waals surface area contributed by atoms with E-state index in [1.165, 1.54) is 4.90 Å². The summed E-state index contributed by atoms with van der Waals surface area (Å²) in [6.45, 7) is 0.435. The maximum Gasteiger partial charge on any atom is 0.255 e. The lowest BCUT2D eigenvalue weighted by Crippen LogP contribution is -2.24. The summed E-state index contributed by atoms with van der Waals surface area (Å²) in [7, 11) is 3.45. The summed E-state index contributed by atoms with van der Waals surface area (Å²) in [5, 5.41) is 2.99. The second kappa shape index (κ2) is 5.60. The molecule has 0 aromatic carbocycles. The Morgan fingerprint density at radius 2 is 2.20 bits per heavy atom. The van der Waals surface area contributed by atoms with Crippen molar-refractivity contribution in [3.8, 4) is 0 Å². The van der Waals surface area contributed by atoms with Crippen LogP contribution in [0.15, 0.2) is 18.3 Å². The lowest BCUT2D eigenvalue weighted by atomic mass is 10.3. The molecule has 0 aliphatic carbocycles. The molecule has 0 unspecified atom stereocenters. The van der Waals surface area contributed by atoms with Crippen LogP contribution in [-0.2, 0) is 6.54 Å². The van der Waals surface area contributed by atoms with E-state index in [1.807, 2.05) is 13.1 Å². The van der Waals surface area contributed by atoms with E-state index in [4.69, 9.17) is 0 Å². The lowest BCUT2D eigenvalue weighted by Gasteiger charge is -2.17. The number of alkyl halides is 2. The average molecular weight is 215 g/mol. The molecule has 0 aliphatic rings. The molecule has 0 spiro atoms. The van der Waals surface area contributed by atoms with Crippen molar-refractivity contribution in [1.29, 1.82) is 0 Å². The Morgan fingerprint density at radius 3 is 2.67 bits per heavy atom. The van der Waals surface area contributed by atoms with Crippen LogP contribution in [0.4, 0.5) is 14.6 Å². The van der Waals surface area contributed by atoms with Gasteiger partial charge >= 0.3 is 0 Å². The van der Waals surface area contributed by atoms with Crippen LogP contribution in [0.5, 0.6) is 0 Å². The van der Waals surface area contributed by atoms with Gasteiger partial charge in [-0.1, -0.05) is 6.07 Å². The zero-order valence-corrected chi connectivity index (χ0v) is 8.87. The molecule has 1 heterocycles. The maximum atomic E-state index is 12.1. The molecule has 0 saturated carbocycles. The Balaban J connectivity index is 2.62. The monoisotopic (exact) mass is 215 g/mol. The maximum absolute atomic E-state index is 12.1. The van der Waals surface area contributed by atoms with Gasteiger partial charge in [0.1, 0.15) is 5.82 Å². The molecule has 0 radical (unpaired) electrons. The summed E-state index contributed by atoms with van der Waals surface area (Å²) >= 11 is 0. The zero-order valence-electron chi connectivity index (χ0n) is 8.87. The first-order valence-corrected chi connectivity index (χ1v) is 4.72. The fourth-order valence-electron chi connectivity index (χ4n) is 1.25. The van der Waals surface area contributed by atoms with Crippen molar-refractivity contribution in [2.75, 3.05) is 25.5 Å². The molecule has 0 atom stereocenters. The molecule has 84 valence electrons.